The smallest absolute Gasteiger partial charge is 0.251 e. The van der Waals surface area contributed by atoms with Gasteiger partial charge in [0.1, 0.15) is 10.0 Å². The van der Waals surface area contributed by atoms with E-state index in [1.54, 1.807) is 4.90 Å². The Balaban J connectivity index is 1.41. The molecule has 0 atom stereocenters. The molecular formula is C21H24F2N6OS. The zero-order valence-corrected chi connectivity index (χ0v) is 17.8. The van der Waals surface area contributed by atoms with Crippen molar-refractivity contribution in [1.82, 2.24) is 30.2 Å². The summed E-state index contributed by atoms with van der Waals surface area (Å²) in [5, 5.41) is 19.1. The van der Waals surface area contributed by atoms with Crippen LogP contribution in [0.1, 0.15) is 27.7 Å². The van der Waals surface area contributed by atoms with E-state index in [-0.39, 0.29) is 12.3 Å². The minimum atomic E-state index is -2.73. The van der Waals surface area contributed by atoms with Crippen LogP contribution in [0.2, 0.25) is 0 Å². The first-order chi connectivity index (χ1) is 16.1. The number of carbonyl (C=O) groups excluding carboxylic acids is 1. The first-order valence-electron chi connectivity index (χ1n) is 11.5. The molecule has 3 heterocycles. The second-order valence-electron chi connectivity index (χ2n) is 7.57. The molecule has 31 heavy (non-hydrogen) atoms. The molecule has 7 nitrogen and oxygen atoms in total. The summed E-state index contributed by atoms with van der Waals surface area (Å²) in [5.74, 6) is -0.155. The largest absolute Gasteiger partial charge is 0.342 e. The maximum absolute atomic E-state index is 12.9. The van der Waals surface area contributed by atoms with Crippen molar-refractivity contribution in [2.75, 3.05) is 26.6 Å². The van der Waals surface area contributed by atoms with Gasteiger partial charge < -0.3 is 4.90 Å². The number of rotatable bonds is 6. The molecule has 164 valence electrons. The zero-order chi connectivity index (χ0) is 24.5. The topological polar surface area (TPSA) is 75.1 Å². The summed E-state index contributed by atoms with van der Waals surface area (Å²) in [4.78, 5) is 15.4. The van der Waals surface area contributed by atoms with Gasteiger partial charge in [0.05, 0.1) is 24.2 Å². The predicted octanol–water partition coefficient (Wildman–Crippen LogP) is 3.19. The summed E-state index contributed by atoms with van der Waals surface area (Å²) < 4.78 is 48.4. The molecule has 1 aromatic carbocycles. The lowest BCUT2D eigenvalue weighted by Crippen LogP contribution is -2.47. The van der Waals surface area contributed by atoms with Gasteiger partial charge in [-0.3, -0.25) is 9.69 Å². The van der Waals surface area contributed by atoms with Crippen LogP contribution >= 0.6 is 11.3 Å². The lowest BCUT2D eigenvalue weighted by Gasteiger charge is -2.36. The molecule has 3 aromatic rings. The van der Waals surface area contributed by atoms with Crippen LogP contribution in [0.5, 0.6) is 0 Å². The molecule has 1 aliphatic rings. The highest BCUT2D eigenvalue weighted by Crippen LogP contribution is 2.26. The predicted molar refractivity (Wildman–Crippen MR) is 115 cm³/mol. The summed E-state index contributed by atoms with van der Waals surface area (Å²) in [6, 6.07) is 7.00. The minimum absolute atomic E-state index is 0.0514. The number of hydrogen-bond donors (Lipinski definition) is 0. The minimum Gasteiger partial charge on any atom is -0.342 e. The quantitative estimate of drug-likeness (QED) is 0.575. The number of aromatic nitrogens is 4. The Labute approximate surface area is 187 Å². The number of nitrogens with zero attached hydrogens (tertiary/aromatic N) is 6. The van der Waals surface area contributed by atoms with E-state index in [0.29, 0.717) is 37.1 Å². The van der Waals surface area contributed by atoms with Crippen LogP contribution in [0.4, 0.5) is 8.78 Å². The summed E-state index contributed by atoms with van der Waals surface area (Å²) in [7, 11) is 0. The molecule has 0 N–H and O–H groups in total. The van der Waals surface area contributed by atoms with Gasteiger partial charge in [0, 0.05) is 34.2 Å². The number of likely N-dealkylation sites (tertiary alicyclic amines) is 1. The van der Waals surface area contributed by atoms with Gasteiger partial charge in [0.25, 0.3) is 6.43 Å². The number of alkyl halides is 2. The maximum Gasteiger partial charge on any atom is 0.251 e. The first-order valence-corrected chi connectivity index (χ1v) is 10.8. The molecule has 0 aliphatic carbocycles. The number of hydrogen-bond acceptors (Lipinski definition) is 7. The molecule has 1 saturated heterocycles. The van der Waals surface area contributed by atoms with E-state index in [1.807, 2.05) is 31.2 Å². The van der Waals surface area contributed by atoms with Gasteiger partial charge in [-0.25, -0.2) is 8.78 Å². The van der Waals surface area contributed by atoms with Crippen molar-refractivity contribution in [1.29, 1.82) is 0 Å². The van der Waals surface area contributed by atoms with Crippen LogP contribution in [0, 0.1) is 6.92 Å². The van der Waals surface area contributed by atoms with Crippen molar-refractivity contribution in [3.05, 3.63) is 35.0 Å². The Morgan fingerprint density at radius 2 is 2.06 bits per heavy atom. The summed E-state index contributed by atoms with van der Waals surface area (Å²) in [6.45, 7) is -0.901. The van der Waals surface area contributed by atoms with Crippen molar-refractivity contribution in [2.45, 2.75) is 38.7 Å². The van der Waals surface area contributed by atoms with Gasteiger partial charge in [-0.2, -0.15) is 10.2 Å². The van der Waals surface area contributed by atoms with Crippen LogP contribution in [-0.4, -0.2) is 75.2 Å². The van der Waals surface area contributed by atoms with Gasteiger partial charge in [0.2, 0.25) is 5.91 Å². The molecule has 1 aliphatic heterocycles. The molecule has 4 rings (SSSR count). The fourth-order valence-electron chi connectivity index (χ4n) is 3.71. The lowest BCUT2D eigenvalue weighted by molar-refractivity contribution is -0.132. The van der Waals surface area contributed by atoms with Crippen LogP contribution in [0.3, 0.4) is 0 Å². The second kappa shape index (κ2) is 9.27. The Kier molecular flexibility index (Phi) is 5.39. The van der Waals surface area contributed by atoms with Crippen molar-refractivity contribution >= 4 is 28.1 Å². The third-order valence-corrected chi connectivity index (χ3v) is 6.22. The molecule has 2 aromatic heterocycles. The number of piperidine rings is 1. The third kappa shape index (κ3) is 5.19. The highest BCUT2D eigenvalue weighted by molar-refractivity contribution is 7.14. The van der Waals surface area contributed by atoms with E-state index < -0.39 is 26.0 Å². The van der Waals surface area contributed by atoms with E-state index in [2.05, 4.69) is 20.4 Å². The fourth-order valence-corrected chi connectivity index (χ4v) is 4.40. The zero-order valence-electron chi connectivity index (χ0n) is 20.0. The molecule has 1 amide bonds. The first kappa shape index (κ1) is 18.0. The Morgan fingerprint density at radius 1 is 1.26 bits per heavy atom. The van der Waals surface area contributed by atoms with E-state index in [1.165, 1.54) is 11.3 Å². The average Bonchev–Trinajstić information content (AvgIpc) is 3.22. The monoisotopic (exact) mass is 449 g/mol. The molecule has 1 fully saturated rings. The fraction of sp³-hybridized carbons (Fsp3) is 0.476. The lowest BCUT2D eigenvalue weighted by atomic mass is 10.0. The molecule has 0 radical (unpaired) electrons. The van der Waals surface area contributed by atoms with Crippen LogP contribution in [-0.2, 0) is 11.2 Å². The van der Waals surface area contributed by atoms with Crippen LogP contribution < -0.4 is 0 Å². The molecule has 10 heteroatoms. The number of amides is 1. The van der Waals surface area contributed by atoms with E-state index in [9.17, 15) is 13.6 Å². The number of carbonyl (C=O) groups is 1. The number of halogens is 2. The van der Waals surface area contributed by atoms with E-state index in [4.69, 9.17) is 4.11 Å². The number of aryl methyl sites for hydroxylation is 1. The van der Waals surface area contributed by atoms with Crippen molar-refractivity contribution in [3.8, 4) is 10.6 Å². The van der Waals surface area contributed by atoms with Crippen molar-refractivity contribution in [2.24, 2.45) is 0 Å². The SMILES string of the molecule is [2H]C([2H])([2H])N(CC(F)F)C1CCN(C(=O)Cc2cc3cc(-c4nnc(C)s4)ccc3nn2)CC1. The highest BCUT2D eigenvalue weighted by atomic mass is 32.1. The standard InChI is InChI=1S/C21H24F2N6OS/c1-13-24-27-21(31-13)14-3-4-18-15(9-14)10-16(25-26-18)11-20(30)29-7-5-17(6-8-29)28(2)12-19(22)23/h3-4,9-10,17,19H,5-8,11-12H2,1-2H3/i2D3. The van der Waals surface area contributed by atoms with Crippen LogP contribution in [0.25, 0.3) is 21.5 Å². The van der Waals surface area contributed by atoms with Gasteiger partial charge >= 0.3 is 0 Å². The Morgan fingerprint density at radius 3 is 2.74 bits per heavy atom. The molecule has 0 bridgehead atoms. The highest BCUT2D eigenvalue weighted by Gasteiger charge is 2.26. The Hall–Kier alpha value is -2.59. The normalized spacial score (nSPS) is 17.2. The van der Waals surface area contributed by atoms with Gasteiger partial charge in [-0.15, -0.1) is 10.2 Å². The molecule has 0 unspecified atom stereocenters. The van der Waals surface area contributed by atoms with E-state index >= 15 is 0 Å². The van der Waals surface area contributed by atoms with Gasteiger partial charge in [0.15, 0.2) is 0 Å². The summed E-state index contributed by atoms with van der Waals surface area (Å²) in [5.41, 5.74) is 2.13. The third-order valence-electron chi connectivity index (χ3n) is 5.33. The summed E-state index contributed by atoms with van der Waals surface area (Å²) >= 11 is 1.49. The van der Waals surface area contributed by atoms with Crippen molar-refractivity contribution < 1.29 is 17.7 Å². The molecule has 0 saturated carbocycles. The second-order valence-corrected chi connectivity index (χ2v) is 8.75. The molecular weight excluding hydrogens is 422 g/mol. The average molecular weight is 450 g/mol. The Bertz CT molecular complexity index is 1170. The summed E-state index contributed by atoms with van der Waals surface area (Å²) in [6.07, 6.45) is -2.03. The number of fused-ring (bicyclic) bond motifs is 1. The van der Waals surface area contributed by atoms with Crippen LogP contribution in [0.15, 0.2) is 24.3 Å². The van der Waals surface area contributed by atoms with E-state index in [0.717, 1.165) is 25.9 Å². The van der Waals surface area contributed by atoms with Gasteiger partial charge in [-0.1, -0.05) is 11.3 Å². The van der Waals surface area contributed by atoms with Crippen molar-refractivity contribution in [3.63, 3.8) is 0 Å². The number of benzene rings is 1. The molecule has 0 spiro atoms. The van der Waals surface area contributed by atoms with Gasteiger partial charge in [-0.05, 0) is 51.0 Å². The maximum atomic E-state index is 12.9.